The molecule has 2 N–H and O–H groups in total. The van der Waals surface area contributed by atoms with Crippen LogP contribution in [0.4, 0.5) is 0 Å². The highest BCUT2D eigenvalue weighted by Crippen LogP contribution is 2.49. The summed E-state index contributed by atoms with van der Waals surface area (Å²) >= 11 is 0. The third kappa shape index (κ3) is 3.46. The Labute approximate surface area is 101 Å². The van der Waals surface area contributed by atoms with Crippen LogP contribution in [0.2, 0.25) is 0 Å². The molecule has 1 saturated heterocycles. The molecular weight excluding hydrogens is 196 g/mol. The fourth-order valence-electron chi connectivity index (χ4n) is 3.08. The fraction of sp³-hybridized carbons (Fsp3) is 1.00. The summed E-state index contributed by atoms with van der Waals surface area (Å²) in [5.74, 6) is 0. The van der Waals surface area contributed by atoms with Crippen molar-refractivity contribution in [3.63, 3.8) is 0 Å². The van der Waals surface area contributed by atoms with Crippen LogP contribution in [0.3, 0.4) is 0 Å². The van der Waals surface area contributed by atoms with Crippen LogP contribution in [0.5, 0.6) is 0 Å². The van der Waals surface area contributed by atoms with Gasteiger partial charge in [0.1, 0.15) is 0 Å². The Morgan fingerprint density at radius 1 is 1.44 bits per heavy atom. The number of hydrogen-bond donors (Lipinski definition) is 2. The third-order valence-corrected chi connectivity index (χ3v) is 4.36. The van der Waals surface area contributed by atoms with Gasteiger partial charge in [-0.3, -0.25) is 0 Å². The lowest BCUT2D eigenvalue weighted by atomic mass is 9.99. The molecule has 2 atom stereocenters. The van der Waals surface area contributed by atoms with Crippen molar-refractivity contribution < 1.29 is 0 Å². The summed E-state index contributed by atoms with van der Waals surface area (Å²) in [6, 6.07) is 1.47. The van der Waals surface area contributed by atoms with Gasteiger partial charge >= 0.3 is 0 Å². The normalized spacial score (nSPS) is 29.2. The minimum atomic E-state index is 0.685. The molecule has 0 aromatic rings. The average Bonchev–Trinajstić information content (AvgIpc) is 2.83. The molecule has 2 fully saturated rings. The Hall–Kier alpha value is -0.0800. The summed E-state index contributed by atoms with van der Waals surface area (Å²) in [5, 5.41) is 7.34. The van der Waals surface area contributed by atoms with Crippen molar-refractivity contribution in [3.8, 4) is 0 Å². The first-order chi connectivity index (χ1) is 7.74. The van der Waals surface area contributed by atoms with Crippen LogP contribution in [0, 0.1) is 5.41 Å². The first-order valence-corrected chi connectivity index (χ1v) is 7.21. The largest absolute Gasteiger partial charge is 0.314 e. The number of nitrogens with one attached hydrogen (secondary N) is 2. The van der Waals surface area contributed by atoms with E-state index < -0.39 is 0 Å². The highest BCUT2D eigenvalue weighted by Gasteiger charge is 2.41. The predicted molar refractivity (Wildman–Crippen MR) is 69.7 cm³/mol. The van der Waals surface area contributed by atoms with Gasteiger partial charge in [-0.15, -0.1) is 0 Å². The maximum atomic E-state index is 3.76. The van der Waals surface area contributed by atoms with E-state index in [0.717, 1.165) is 6.04 Å². The predicted octanol–water partition coefficient (Wildman–Crippen LogP) is 2.69. The van der Waals surface area contributed by atoms with E-state index in [0.29, 0.717) is 11.5 Å². The smallest absolute Gasteiger partial charge is 0.00822 e. The maximum absolute atomic E-state index is 3.76. The maximum Gasteiger partial charge on any atom is 0.00822 e. The van der Waals surface area contributed by atoms with Gasteiger partial charge in [-0.05, 0) is 57.4 Å². The number of rotatable bonds is 7. The first kappa shape index (κ1) is 12.4. The van der Waals surface area contributed by atoms with Crippen LogP contribution in [0.1, 0.15) is 58.8 Å². The van der Waals surface area contributed by atoms with E-state index in [1.165, 1.54) is 58.0 Å². The summed E-state index contributed by atoms with van der Waals surface area (Å²) in [7, 11) is 0. The molecule has 2 unspecified atom stereocenters. The Kier molecular flexibility index (Phi) is 4.26. The molecule has 0 bridgehead atoms. The van der Waals surface area contributed by atoms with Crippen LogP contribution < -0.4 is 10.6 Å². The third-order valence-electron chi connectivity index (χ3n) is 4.36. The summed E-state index contributed by atoms with van der Waals surface area (Å²) in [6.45, 7) is 7.15. The molecule has 0 amide bonds. The molecule has 0 aromatic carbocycles. The molecule has 2 rings (SSSR count). The van der Waals surface area contributed by atoms with Gasteiger partial charge in [-0.1, -0.05) is 13.3 Å². The minimum absolute atomic E-state index is 0.685. The van der Waals surface area contributed by atoms with E-state index in [4.69, 9.17) is 0 Å². The van der Waals surface area contributed by atoms with Gasteiger partial charge in [0.15, 0.2) is 0 Å². The summed E-state index contributed by atoms with van der Waals surface area (Å²) in [5.41, 5.74) is 0.701. The first-order valence-electron chi connectivity index (χ1n) is 7.21. The Bertz CT molecular complexity index is 205. The van der Waals surface area contributed by atoms with E-state index in [1.807, 2.05) is 0 Å². The van der Waals surface area contributed by atoms with Gasteiger partial charge in [0.05, 0.1) is 0 Å². The van der Waals surface area contributed by atoms with Crippen LogP contribution in [0.25, 0.3) is 0 Å². The SMILES string of the molecule is CCCC1(CNC(C)CC2CCCN2)CC1. The number of hydrogen-bond acceptors (Lipinski definition) is 2. The molecule has 0 radical (unpaired) electrons. The van der Waals surface area contributed by atoms with Crippen LogP contribution >= 0.6 is 0 Å². The Balaban J connectivity index is 1.61. The summed E-state index contributed by atoms with van der Waals surface area (Å²) in [6.07, 6.45) is 9.75. The van der Waals surface area contributed by atoms with Crippen molar-refractivity contribution in [1.82, 2.24) is 10.6 Å². The lowest BCUT2D eigenvalue weighted by Crippen LogP contribution is -2.37. The summed E-state index contributed by atoms with van der Waals surface area (Å²) < 4.78 is 0. The monoisotopic (exact) mass is 224 g/mol. The molecule has 1 saturated carbocycles. The quantitative estimate of drug-likeness (QED) is 0.695. The van der Waals surface area contributed by atoms with Crippen molar-refractivity contribution in [2.24, 2.45) is 5.41 Å². The van der Waals surface area contributed by atoms with Gasteiger partial charge in [-0.2, -0.15) is 0 Å². The molecule has 1 aliphatic heterocycles. The van der Waals surface area contributed by atoms with Crippen molar-refractivity contribution in [2.45, 2.75) is 70.9 Å². The van der Waals surface area contributed by atoms with Crippen LogP contribution in [-0.4, -0.2) is 25.2 Å². The lowest BCUT2D eigenvalue weighted by Gasteiger charge is -2.22. The zero-order valence-electron chi connectivity index (χ0n) is 11.0. The molecule has 2 nitrogen and oxygen atoms in total. The minimum Gasteiger partial charge on any atom is -0.314 e. The Morgan fingerprint density at radius 2 is 2.25 bits per heavy atom. The molecule has 2 heteroatoms. The van der Waals surface area contributed by atoms with Crippen molar-refractivity contribution >= 4 is 0 Å². The molecule has 2 aliphatic rings. The van der Waals surface area contributed by atoms with Gasteiger partial charge in [0, 0.05) is 18.6 Å². The molecule has 0 spiro atoms. The molecule has 16 heavy (non-hydrogen) atoms. The topological polar surface area (TPSA) is 24.1 Å². The summed E-state index contributed by atoms with van der Waals surface area (Å²) in [4.78, 5) is 0. The molecule has 1 heterocycles. The van der Waals surface area contributed by atoms with E-state index in [1.54, 1.807) is 0 Å². The second-order valence-corrected chi connectivity index (χ2v) is 6.06. The highest BCUT2D eigenvalue weighted by atomic mass is 15.0. The lowest BCUT2D eigenvalue weighted by molar-refractivity contribution is 0.367. The molecule has 1 aliphatic carbocycles. The van der Waals surface area contributed by atoms with Gasteiger partial charge in [0.25, 0.3) is 0 Å². The standard InChI is InChI=1S/C14H28N2/c1-3-6-14(7-8-14)11-16-12(2)10-13-5-4-9-15-13/h12-13,15-16H,3-11H2,1-2H3. The average molecular weight is 224 g/mol. The zero-order valence-corrected chi connectivity index (χ0v) is 11.0. The van der Waals surface area contributed by atoms with Crippen molar-refractivity contribution in [1.29, 1.82) is 0 Å². The highest BCUT2D eigenvalue weighted by molar-refractivity contribution is 4.95. The fourth-order valence-corrected chi connectivity index (χ4v) is 3.08. The molecule has 94 valence electrons. The van der Waals surface area contributed by atoms with Crippen molar-refractivity contribution in [2.75, 3.05) is 13.1 Å². The Morgan fingerprint density at radius 3 is 2.81 bits per heavy atom. The second-order valence-electron chi connectivity index (χ2n) is 6.06. The van der Waals surface area contributed by atoms with Crippen LogP contribution in [0.15, 0.2) is 0 Å². The van der Waals surface area contributed by atoms with Gasteiger partial charge < -0.3 is 10.6 Å². The molecule has 0 aromatic heterocycles. The van der Waals surface area contributed by atoms with E-state index in [-0.39, 0.29) is 0 Å². The van der Waals surface area contributed by atoms with Gasteiger partial charge in [-0.25, -0.2) is 0 Å². The van der Waals surface area contributed by atoms with Gasteiger partial charge in [0.2, 0.25) is 0 Å². The van der Waals surface area contributed by atoms with E-state index in [2.05, 4.69) is 24.5 Å². The van der Waals surface area contributed by atoms with Crippen molar-refractivity contribution in [3.05, 3.63) is 0 Å². The van der Waals surface area contributed by atoms with E-state index in [9.17, 15) is 0 Å². The van der Waals surface area contributed by atoms with E-state index >= 15 is 0 Å². The second kappa shape index (κ2) is 5.50. The zero-order chi connectivity index (χ0) is 11.4. The molecular formula is C14H28N2. The van der Waals surface area contributed by atoms with Crippen LogP contribution in [-0.2, 0) is 0 Å².